The molecule has 3 aromatic rings. The zero-order valence-corrected chi connectivity index (χ0v) is 17.1. The summed E-state index contributed by atoms with van der Waals surface area (Å²) in [5, 5.41) is 6.35. The fourth-order valence-corrected chi connectivity index (χ4v) is 3.15. The molecule has 0 aliphatic heterocycles. The maximum Gasteiger partial charge on any atom is 0.252 e. The number of carbonyl (C=O) groups is 1. The van der Waals surface area contributed by atoms with Crippen LogP contribution in [-0.4, -0.2) is 24.5 Å². The summed E-state index contributed by atoms with van der Waals surface area (Å²) in [5.74, 6) is 1.08. The van der Waals surface area contributed by atoms with Gasteiger partial charge in [0.15, 0.2) is 0 Å². The lowest BCUT2D eigenvalue weighted by atomic mass is 10.0. The molecule has 1 amide bonds. The average molecular weight is 389 g/mol. The molecule has 5 heteroatoms. The van der Waals surface area contributed by atoms with Gasteiger partial charge in [-0.3, -0.25) is 9.78 Å². The fraction of sp³-hybridized carbons (Fsp3) is 0.250. The Bertz CT molecular complexity index is 970. The Morgan fingerprint density at radius 1 is 1.07 bits per heavy atom. The predicted molar refractivity (Wildman–Crippen MR) is 117 cm³/mol. The molecule has 0 radical (unpaired) electrons. The van der Waals surface area contributed by atoms with Crippen molar-refractivity contribution in [3.8, 4) is 5.75 Å². The maximum absolute atomic E-state index is 12.5. The number of hydrogen-bond donors (Lipinski definition) is 2. The highest BCUT2D eigenvalue weighted by atomic mass is 16.5. The van der Waals surface area contributed by atoms with Gasteiger partial charge < -0.3 is 15.4 Å². The predicted octanol–water partition coefficient (Wildman–Crippen LogP) is 4.93. The first kappa shape index (κ1) is 20.4. The molecule has 0 fully saturated rings. The Morgan fingerprint density at radius 2 is 1.90 bits per heavy atom. The molecule has 1 heterocycles. The van der Waals surface area contributed by atoms with E-state index in [2.05, 4.69) is 35.5 Å². The quantitative estimate of drug-likeness (QED) is 0.573. The van der Waals surface area contributed by atoms with Crippen molar-refractivity contribution in [2.75, 3.05) is 19.0 Å². The number of rotatable bonds is 8. The van der Waals surface area contributed by atoms with E-state index in [1.165, 1.54) is 5.56 Å². The SMILES string of the molecule is COc1cccc(CCNC(=O)c2cncc(Nc3ccccc3C(C)C)c2)c1. The zero-order chi connectivity index (χ0) is 20.6. The van der Waals surface area contributed by atoms with Crippen LogP contribution in [0.4, 0.5) is 11.4 Å². The number of hydrogen-bond acceptors (Lipinski definition) is 4. The number of anilines is 2. The number of pyridine rings is 1. The first-order valence-electron chi connectivity index (χ1n) is 9.79. The number of carbonyl (C=O) groups excluding carboxylic acids is 1. The summed E-state index contributed by atoms with van der Waals surface area (Å²) in [7, 11) is 1.65. The first-order valence-corrected chi connectivity index (χ1v) is 9.79. The van der Waals surface area contributed by atoms with Gasteiger partial charge in [0, 0.05) is 18.4 Å². The third kappa shape index (κ3) is 5.57. The molecule has 3 rings (SSSR count). The van der Waals surface area contributed by atoms with Gasteiger partial charge in [-0.25, -0.2) is 0 Å². The van der Waals surface area contributed by atoms with Crippen LogP contribution >= 0.6 is 0 Å². The second kappa shape index (κ2) is 9.73. The van der Waals surface area contributed by atoms with E-state index in [9.17, 15) is 4.79 Å². The number of benzene rings is 2. The van der Waals surface area contributed by atoms with E-state index in [0.29, 0.717) is 18.0 Å². The molecule has 0 aliphatic carbocycles. The van der Waals surface area contributed by atoms with Gasteiger partial charge in [0.2, 0.25) is 0 Å². The van der Waals surface area contributed by atoms with Crippen molar-refractivity contribution >= 4 is 17.3 Å². The van der Waals surface area contributed by atoms with E-state index < -0.39 is 0 Å². The molecule has 0 spiro atoms. The van der Waals surface area contributed by atoms with Gasteiger partial charge >= 0.3 is 0 Å². The lowest BCUT2D eigenvalue weighted by Crippen LogP contribution is -2.25. The van der Waals surface area contributed by atoms with Crippen molar-refractivity contribution in [1.82, 2.24) is 10.3 Å². The van der Waals surface area contributed by atoms with Crippen molar-refractivity contribution in [3.05, 3.63) is 83.7 Å². The van der Waals surface area contributed by atoms with Gasteiger partial charge in [-0.1, -0.05) is 44.2 Å². The largest absolute Gasteiger partial charge is 0.497 e. The molecule has 0 aliphatic rings. The molecule has 0 saturated heterocycles. The molecule has 5 nitrogen and oxygen atoms in total. The summed E-state index contributed by atoms with van der Waals surface area (Å²) in [4.78, 5) is 16.8. The Hall–Kier alpha value is -3.34. The van der Waals surface area contributed by atoms with E-state index in [1.54, 1.807) is 19.5 Å². The first-order chi connectivity index (χ1) is 14.1. The minimum atomic E-state index is -0.138. The maximum atomic E-state index is 12.5. The third-order valence-electron chi connectivity index (χ3n) is 4.70. The van der Waals surface area contributed by atoms with Gasteiger partial charge in [0.05, 0.1) is 24.6 Å². The minimum Gasteiger partial charge on any atom is -0.497 e. The van der Waals surface area contributed by atoms with Crippen LogP contribution in [0.5, 0.6) is 5.75 Å². The summed E-state index contributed by atoms with van der Waals surface area (Å²) in [6.07, 6.45) is 4.04. The van der Waals surface area contributed by atoms with Crippen molar-refractivity contribution < 1.29 is 9.53 Å². The Labute approximate surface area is 172 Å². The van der Waals surface area contributed by atoms with Crippen LogP contribution in [0.3, 0.4) is 0 Å². The zero-order valence-electron chi connectivity index (χ0n) is 17.1. The lowest BCUT2D eigenvalue weighted by molar-refractivity contribution is 0.0954. The smallest absolute Gasteiger partial charge is 0.252 e. The number of nitrogens with zero attached hydrogens (tertiary/aromatic N) is 1. The molecule has 1 aromatic heterocycles. The van der Waals surface area contributed by atoms with Gasteiger partial charge in [-0.05, 0) is 47.7 Å². The molecule has 0 unspecified atom stereocenters. The molecule has 0 saturated carbocycles. The van der Waals surface area contributed by atoms with Crippen LogP contribution < -0.4 is 15.4 Å². The summed E-state index contributed by atoms with van der Waals surface area (Å²) in [5.41, 5.74) is 4.69. The molecule has 2 aromatic carbocycles. The summed E-state index contributed by atoms with van der Waals surface area (Å²) < 4.78 is 5.23. The average Bonchev–Trinajstić information content (AvgIpc) is 2.74. The number of methoxy groups -OCH3 is 1. The summed E-state index contributed by atoms with van der Waals surface area (Å²) in [6, 6.07) is 17.9. The Kier molecular flexibility index (Phi) is 6.85. The minimum absolute atomic E-state index is 0.138. The number of para-hydroxylation sites is 1. The van der Waals surface area contributed by atoms with E-state index in [1.807, 2.05) is 48.5 Å². The van der Waals surface area contributed by atoms with Gasteiger partial charge in [-0.2, -0.15) is 0 Å². The number of ether oxygens (including phenoxy) is 1. The molecule has 150 valence electrons. The normalized spacial score (nSPS) is 10.6. The van der Waals surface area contributed by atoms with E-state index >= 15 is 0 Å². The second-order valence-corrected chi connectivity index (χ2v) is 7.19. The molecular weight excluding hydrogens is 362 g/mol. The number of amides is 1. The van der Waals surface area contributed by atoms with Crippen molar-refractivity contribution in [1.29, 1.82) is 0 Å². The monoisotopic (exact) mass is 389 g/mol. The topological polar surface area (TPSA) is 63.2 Å². The number of nitrogens with one attached hydrogen (secondary N) is 2. The Morgan fingerprint density at radius 3 is 2.69 bits per heavy atom. The van der Waals surface area contributed by atoms with Crippen LogP contribution in [0.25, 0.3) is 0 Å². The number of aromatic nitrogens is 1. The third-order valence-corrected chi connectivity index (χ3v) is 4.70. The van der Waals surface area contributed by atoms with Gasteiger partial charge in [-0.15, -0.1) is 0 Å². The second-order valence-electron chi connectivity index (χ2n) is 7.19. The van der Waals surface area contributed by atoms with Crippen LogP contribution in [0, 0.1) is 0 Å². The molecule has 29 heavy (non-hydrogen) atoms. The summed E-state index contributed by atoms with van der Waals surface area (Å²) in [6.45, 7) is 4.86. The van der Waals surface area contributed by atoms with Gasteiger partial charge in [0.1, 0.15) is 5.75 Å². The van der Waals surface area contributed by atoms with E-state index in [4.69, 9.17) is 4.74 Å². The van der Waals surface area contributed by atoms with Crippen molar-refractivity contribution in [3.63, 3.8) is 0 Å². The summed E-state index contributed by atoms with van der Waals surface area (Å²) >= 11 is 0. The van der Waals surface area contributed by atoms with Crippen LogP contribution in [0.2, 0.25) is 0 Å². The Balaban J connectivity index is 1.62. The van der Waals surface area contributed by atoms with Crippen LogP contribution in [0.15, 0.2) is 67.0 Å². The van der Waals surface area contributed by atoms with Gasteiger partial charge in [0.25, 0.3) is 5.91 Å². The fourth-order valence-electron chi connectivity index (χ4n) is 3.15. The standard InChI is InChI=1S/C24H27N3O2/c1-17(2)22-9-4-5-10-23(22)27-20-14-19(15-25-16-20)24(28)26-12-11-18-7-6-8-21(13-18)29-3/h4-10,13-17,27H,11-12H2,1-3H3,(H,26,28). The molecule has 0 atom stereocenters. The van der Waals surface area contributed by atoms with E-state index in [-0.39, 0.29) is 5.91 Å². The highest BCUT2D eigenvalue weighted by Gasteiger charge is 2.09. The highest BCUT2D eigenvalue weighted by molar-refractivity contribution is 5.94. The molecule has 0 bridgehead atoms. The molecule has 2 N–H and O–H groups in total. The van der Waals surface area contributed by atoms with E-state index in [0.717, 1.165) is 29.1 Å². The van der Waals surface area contributed by atoms with Crippen molar-refractivity contribution in [2.24, 2.45) is 0 Å². The van der Waals surface area contributed by atoms with Crippen LogP contribution in [0.1, 0.15) is 41.3 Å². The lowest BCUT2D eigenvalue weighted by Gasteiger charge is -2.15. The van der Waals surface area contributed by atoms with Crippen LogP contribution in [-0.2, 0) is 6.42 Å². The molecular formula is C24H27N3O2. The van der Waals surface area contributed by atoms with Crippen molar-refractivity contribution in [2.45, 2.75) is 26.2 Å². The highest BCUT2D eigenvalue weighted by Crippen LogP contribution is 2.26.